The van der Waals surface area contributed by atoms with Crippen molar-refractivity contribution in [1.82, 2.24) is 4.98 Å². The highest BCUT2D eigenvalue weighted by Gasteiger charge is 2.38. The van der Waals surface area contributed by atoms with Gasteiger partial charge in [0.2, 0.25) is 5.88 Å². The van der Waals surface area contributed by atoms with Crippen LogP contribution in [0.15, 0.2) is 59.2 Å². The standard InChI is InChI=1S/C24H21BrFNO6.C2HF3O2/c1-24(2,23(29)30)33-20-11-17(31-3)7-8-18(20)22(28)14-5-9-21(27-12-14)32-13-15-4-6-16(25)10-19(15)26;3-2(4,5)1(6)7/h4-12H,13H2,1-3H3,(H,29,30);(H,6,7). The van der Waals surface area contributed by atoms with Crippen LogP contribution in [0.4, 0.5) is 17.6 Å². The number of hydrogen-bond acceptors (Lipinski definition) is 7. The highest BCUT2D eigenvalue weighted by Crippen LogP contribution is 2.30. The van der Waals surface area contributed by atoms with Crippen molar-refractivity contribution in [3.63, 3.8) is 0 Å². The molecule has 0 aliphatic heterocycles. The van der Waals surface area contributed by atoms with Crippen molar-refractivity contribution in [2.24, 2.45) is 0 Å². The minimum atomic E-state index is -5.08. The SMILES string of the molecule is COc1ccc(C(=O)c2ccc(OCc3ccc(Br)cc3F)nc2)c(OC(C)(C)C(=O)O)c1.O=C(O)C(F)(F)F. The lowest BCUT2D eigenvalue weighted by Crippen LogP contribution is -2.38. The van der Waals surface area contributed by atoms with Crippen LogP contribution in [-0.4, -0.2) is 51.8 Å². The van der Waals surface area contributed by atoms with E-state index < -0.39 is 35.3 Å². The van der Waals surface area contributed by atoms with E-state index in [1.54, 1.807) is 18.2 Å². The first-order valence-corrected chi connectivity index (χ1v) is 11.8. The van der Waals surface area contributed by atoms with Gasteiger partial charge in [-0.1, -0.05) is 22.0 Å². The van der Waals surface area contributed by atoms with Crippen molar-refractivity contribution in [3.8, 4) is 17.4 Å². The summed E-state index contributed by atoms with van der Waals surface area (Å²) in [5, 5.41) is 16.5. The molecule has 14 heteroatoms. The molecular weight excluding hydrogens is 610 g/mol. The number of methoxy groups -OCH3 is 1. The van der Waals surface area contributed by atoms with E-state index in [9.17, 15) is 32.3 Å². The minimum Gasteiger partial charge on any atom is -0.497 e. The Kier molecular flexibility index (Phi) is 10.6. The Hall–Kier alpha value is -4.20. The first kappa shape index (κ1) is 32.0. The normalized spacial score (nSPS) is 11.1. The predicted octanol–water partition coefficient (Wildman–Crippen LogP) is 5.68. The number of benzene rings is 2. The van der Waals surface area contributed by atoms with E-state index in [0.29, 0.717) is 15.8 Å². The molecule has 3 rings (SSSR count). The molecule has 1 aromatic heterocycles. The number of halogens is 5. The van der Waals surface area contributed by atoms with Crippen molar-refractivity contribution in [2.45, 2.75) is 32.2 Å². The molecule has 3 aromatic rings. The molecule has 0 saturated carbocycles. The Morgan fingerprint density at radius 1 is 0.975 bits per heavy atom. The van der Waals surface area contributed by atoms with Gasteiger partial charge in [-0.3, -0.25) is 4.79 Å². The molecule has 0 aliphatic rings. The van der Waals surface area contributed by atoms with Crippen LogP contribution in [-0.2, 0) is 16.2 Å². The van der Waals surface area contributed by atoms with Gasteiger partial charge in [0, 0.05) is 33.9 Å². The van der Waals surface area contributed by atoms with Gasteiger partial charge in [-0.25, -0.2) is 19.0 Å². The lowest BCUT2D eigenvalue weighted by Gasteiger charge is -2.23. The number of rotatable bonds is 9. The second-order valence-corrected chi connectivity index (χ2v) is 9.24. The Labute approximate surface area is 233 Å². The smallest absolute Gasteiger partial charge is 0.490 e. The molecule has 0 radical (unpaired) electrons. The van der Waals surface area contributed by atoms with E-state index in [2.05, 4.69) is 20.9 Å². The van der Waals surface area contributed by atoms with E-state index >= 15 is 0 Å². The maximum atomic E-state index is 13.9. The third kappa shape index (κ3) is 8.93. The Balaban J connectivity index is 0.000000708. The summed E-state index contributed by atoms with van der Waals surface area (Å²) in [6, 6.07) is 12.2. The van der Waals surface area contributed by atoms with E-state index in [-0.39, 0.29) is 29.4 Å². The maximum Gasteiger partial charge on any atom is 0.490 e. The van der Waals surface area contributed by atoms with E-state index in [0.717, 1.165) is 0 Å². The van der Waals surface area contributed by atoms with Crippen LogP contribution in [0.25, 0.3) is 0 Å². The third-order valence-corrected chi connectivity index (χ3v) is 5.44. The maximum absolute atomic E-state index is 13.9. The molecule has 0 spiro atoms. The average molecular weight is 632 g/mol. The topological polar surface area (TPSA) is 132 Å². The summed E-state index contributed by atoms with van der Waals surface area (Å²) in [4.78, 5) is 37.6. The van der Waals surface area contributed by atoms with Crippen LogP contribution in [0, 0.1) is 5.82 Å². The van der Waals surface area contributed by atoms with Crippen molar-refractivity contribution < 1.29 is 56.4 Å². The van der Waals surface area contributed by atoms with Gasteiger partial charge >= 0.3 is 18.1 Å². The van der Waals surface area contributed by atoms with Crippen molar-refractivity contribution in [2.75, 3.05) is 7.11 Å². The van der Waals surface area contributed by atoms with Crippen molar-refractivity contribution in [1.29, 1.82) is 0 Å². The average Bonchev–Trinajstić information content (AvgIpc) is 2.87. The molecule has 0 fully saturated rings. The number of ketones is 1. The molecule has 214 valence electrons. The summed E-state index contributed by atoms with van der Waals surface area (Å²) in [6.07, 6.45) is -3.76. The van der Waals surface area contributed by atoms with Gasteiger partial charge in [-0.15, -0.1) is 0 Å². The number of ether oxygens (including phenoxy) is 3. The summed E-state index contributed by atoms with van der Waals surface area (Å²) in [5.74, 6) is -4.09. The third-order valence-electron chi connectivity index (χ3n) is 4.95. The summed E-state index contributed by atoms with van der Waals surface area (Å²) < 4.78 is 62.6. The zero-order chi connectivity index (χ0) is 30.3. The number of pyridine rings is 1. The van der Waals surface area contributed by atoms with Gasteiger partial charge in [0.05, 0.1) is 12.7 Å². The fraction of sp³-hybridized carbons (Fsp3) is 0.231. The largest absolute Gasteiger partial charge is 0.497 e. The molecule has 40 heavy (non-hydrogen) atoms. The number of carbonyl (C=O) groups excluding carboxylic acids is 1. The second-order valence-electron chi connectivity index (χ2n) is 8.32. The van der Waals surface area contributed by atoms with E-state index in [1.807, 2.05) is 0 Å². The van der Waals surface area contributed by atoms with Gasteiger partial charge in [-0.05, 0) is 44.2 Å². The Morgan fingerprint density at radius 2 is 1.62 bits per heavy atom. The van der Waals surface area contributed by atoms with Gasteiger partial charge in [0.1, 0.15) is 23.9 Å². The lowest BCUT2D eigenvalue weighted by atomic mass is 10.0. The number of carboxylic acids is 2. The fourth-order valence-corrected chi connectivity index (χ4v) is 3.10. The molecule has 0 unspecified atom stereocenters. The molecule has 2 N–H and O–H groups in total. The summed E-state index contributed by atoms with van der Waals surface area (Å²) >= 11 is 3.20. The quantitative estimate of drug-likeness (QED) is 0.226. The van der Waals surface area contributed by atoms with Crippen LogP contribution in [0.5, 0.6) is 17.4 Å². The number of aliphatic carboxylic acids is 2. The molecule has 1 heterocycles. The number of carboxylic acid groups (broad SMARTS) is 2. The van der Waals surface area contributed by atoms with Gasteiger partial charge in [0.15, 0.2) is 11.4 Å². The van der Waals surface area contributed by atoms with Crippen LogP contribution in [0.3, 0.4) is 0 Å². The van der Waals surface area contributed by atoms with Crippen molar-refractivity contribution in [3.05, 3.63) is 81.7 Å². The second kappa shape index (κ2) is 13.2. The van der Waals surface area contributed by atoms with E-state index in [4.69, 9.17) is 24.1 Å². The van der Waals surface area contributed by atoms with Crippen LogP contribution >= 0.6 is 15.9 Å². The molecule has 0 aliphatic carbocycles. The number of nitrogens with zero attached hydrogens (tertiary/aromatic N) is 1. The minimum absolute atomic E-state index is 0.0276. The van der Waals surface area contributed by atoms with E-state index in [1.165, 1.54) is 57.5 Å². The monoisotopic (exact) mass is 631 g/mol. The van der Waals surface area contributed by atoms with Crippen LogP contribution in [0.1, 0.15) is 35.3 Å². The fourth-order valence-electron chi connectivity index (χ4n) is 2.77. The Bertz CT molecular complexity index is 1380. The predicted molar refractivity (Wildman–Crippen MR) is 135 cm³/mol. The molecular formula is C26H22BrF4NO8. The van der Waals surface area contributed by atoms with Crippen LogP contribution in [0.2, 0.25) is 0 Å². The summed E-state index contributed by atoms with van der Waals surface area (Å²) in [5.41, 5.74) is -0.821. The van der Waals surface area contributed by atoms with Crippen LogP contribution < -0.4 is 14.2 Å². The van der Waals surface area contributed by atoms with Crippen molar-refractivity contribution >= 4 is 33.7 Å². The zero-order valence-electron chi connectivity index (χ0n) is 21.1. The van der Waals surface area contributed by atoms with Gasteiger partial charge in [0.25, 0.3) is 0 Å². The first-order valence-electron chi connectivity index (χ1n) is 11.0. The van der Waals surface area contributed by atoms with Gasteiger partial charge < -0.3 is 24.4 Å². The number of alkyl halides is 3. The summed E-state index contributed by atoms with van der Waals surface area (Å²) in [6.45, 7) is 2.73. The highest BCUT2D eigenvalue weighted by atomic mass is 79.9. The summed E-state index contributed by atoms with van der Waals surface area (Å²) in [7, 11) is 1.45. The first-order chi connectivity index (χ1) is 18.5. The lowest BCUT2D eigenvalue weighted by molar-refractivity contribution is -0.192. The Morgan fingerprint density at radius 3 is 2.12 bits per heavy atom. The molecule has 2 aromatic carbocycles. The molecule has 9 nitrogen and oxygen atoms in total. The highest BCUT2D eigenvalue weighted by molar-refractivity contribution is 9.10. The van der Waals surface area contributed by atoms with Gasteiger partial charge in [-0.2, -0.15) is 13.2 Å². The molecule has 0 bridgehead atoms. The molecule has 0 amide bonds. The number of carbonyl (C=O) groups is 3. The number of hydrogen-bond donors (Lipinski definition) is 2. The number of aromatic nitrogens is 1. The zero-order valence-corrected chi connectivity index (χ0v) is 22.7. The molecule has 0 atom stereocenters. The molecule has 0 saturated heterocycles.